The fraction of sp³-hybridized carbons (Fsp3) is 0.273. The zero-order valence-electron chi connectivity index (χ0n) is 16.6. The maximum Gasteiger partial charge on any atom is 0.257 e. The van der Waals surface area contributed by atoms with E-state index in [2.05, 4.69) is 15.0 Å². The summed E-state index contributed by atoms with van der Waals surface area (Å²) in [6.07, 6.45) is 2.51. The first kappa shape index (κ1) is 19.6. The van der Waals surface area contributed by atoms with E-state index in [0.717, 1.165) is 5.56 Å². The van der Waals surface area contributed by atoms with Crippen LogP contribution in [0, 0.1) is 0 Å². The number of methoxy groups -OCH3 is 1. The van der Waals surface area contributed by atoms with E-state index in [0.29, 0.717) is 42.3 Å². The first-order valence-corrected chi connectivity index (χ1v) is 9.73. The minimum absolute atomic E-state index is 0.0174. The maximum absolute atomic E-state index is 12.7. The first-order chi connectivity index (χ1) is 14.5. The Balaban J connectivity index is 1.50. The van der Waals surface area contributed by atoms with Crippen LogP contribution in [0.1, 0.15) is 23.7 Å². The summed E-state index contributed by atoms with van der Waals surface area (Å²) in [4.78, 5) is 48.6. The Morgan fingerprint density at radius 2 is 2.10 bits per heavy atom. The van der Waals surface area contributed by atoms with Crippen molar-refractivity contribution in [2.45, 2.75) is 18.8 Å². The van der Waals surface area contributed by atoms with Crippen LogP contribution >= 0.6 is 0 Å². The molecule has 1 atom stereocenters. The van der Waals surface area contributed by atoms with Crippen molar-refractivity contribution in [1.29, 1.82) is 0 Å². The number of benzene rings is 1. The van der Waals surface area contributed by atoms with Crippen LogP contribution in [-0.4, -0.2) is 46.0 Å². The Labute approximate surface area is 172 Å². The molecular formula is C22H22N4O4. The number of carbonyl (C=O) groups excluding carboxylic acids is 1. The van der Waals surface area contributed by atoms with Crippen LogP contribution in [0.25, 0.3) is 11.3 Å². The fourth-order valence-corrected chi connectivity index (χ4v) is 3.71. The number of likely N-dealkylation sites (tertiary alicyclic amines) is 1. The number of ether oxygens (including phenoxy) is 1. The van der Waals surface area contributed by atoms with Crippen molar-refractivity contribution in [3.05, 3.63) is 80.8 Å². The molecule has 2 aromatic heterocycles. The second-order valence-corrected chi connectivity index (χ2v) is 7.28. The quantitative estimate of drug-likeness (QED) is 0.670. The molecule has 3 heterocycles. The van der Waals surface area contributed by atoms with Gasteiger partial charge in [0, 0.05) is 31.3 Å². The number of amides is 1. The number of nitrogens with zero attached hydrogens (tertiary/aromatic N) is 2. The first-order valence-electron chi connectivity index (χ1n) is 9.73. The normalized spacial score (nSPS) is 15.9. The topological polar surface area (TPSA) is 108 Å². The molecular weight excluding hydrogens is 384 g/mol. The number of H-pyrrole nitrogens is 2. The third-order valence-electron chi connectivity index (χ3n) is 5.27. The highest BCUT2D eigenvalue weighted by Gasteiger charge is 2.29. The van der Waals surface area contributed by atoms with E-state index in [1.54, 1.807) is 24.1 Å². The van der Waals surface area contributed by atoms with Crippen LogP contribution in [0.2, 0.25) is 0 Å². The SMILES string of the molecule is COc1cccc(CC(=O)N2CC[C@H](c3nc(-c4ccc[nH]c4=O)cc(=O)[nH]3)C2)c1. The molecule has 0 spiro atoms. The summed E-state index contributed by atoms with van der Waals surface area (Å²) in [7, 11) is 1.59. The predicted octanol–water partition coefficient (Wildman–Crippen LogP) is 1.69. The van der Waals surface area contributed by atoms with Gasteiger partial charge < -0.3 is 19.6 Å². The molecule has 0 saturated carbocycles. The Hall–Kier alpha value is -3.68. The van der Waals surface area contributed by atoms with Crippen molar-refractivity contribution < 1.29 is 9.53 Å². The van der Waals surface area contributed by atoms with Crippen LogP contribution in [0.15, 0.2) is 58.3 Å². The Morgan fingerprint density at radius 3 is 2.90 bits per heavy atom. The van der Waals surface area contributed by atoms with Gasteiger partial charge in [0.2, 0.25) is 5.91 Å². The molecule has 30 heavy (non-hydrogen) atoms. The monoisotopic (exact) mass is 406 g/mol. The number of carbonyl (C=O) groups is 1. The molecule has 8 heteroatoms. The smallest absolute Gasteiger partial charge is 0.257 e. The van der Waals surface area contributed by atoms with E-state index >= 15 is 0 Å². The molecule has 154 valence electrons. The molecule has 0 radical (unpaired) electrons. The summed E-state index contributed by atoms with van der Waals surface area (Å²) in [6.45, 7) is 1.06. The summed E-state index contributed by atoms with van der Waals surface area (Å²) in [5, 5.41) is 0. The second kappa shape index (κ2) is 8.36. The predicted molar refractivity (Wildman–Crippen MR) is 112 cm³/mol. The minimum Gasteiger partial charge on any atom is -0.497 e. The van der Waals surface area contributed by atoms with Gasteiger partial charge in [-0.05, 0) is 36.2 Å². The molecule has 1 amide bonds. The summed E-state index contributed by atoms with van der Waals surface area (Å²) in [5.41, 5.74) is 0.938. The Morgan fingerprint density at radius 1 is 1.23 bits per heavy atom. The number of aromatic amines is 2. The Kier molecular flexibility index (Phi) is 5.47. The standard InChI is InChI=1S/C22H22N4O4/c1-30-16-5-2-4-14(10-16)11-20(28)26-9-7-15(13-26)21-24-18(12-19(27)25-21)17-6-3-8-23-22(17)29/h2-6,8,10,12,15H,7,9,11,13H2,1H3,(H,23,29)(H,24,25,27)/t15-/m0/s1. The lowest BCUT2D eigenvalue weighted by molar-refractivity contribution is -0.129. The van der Waals surface area contributed by atoms with Gasteiger partial charge in [-0.3, -0.25) is 14.4 Å². The third-order valence-corrected chi connectivity index (χ3v) is 5.27. The molecule has 0 aliphatic carbocycles. The van der Waals surface area contributed by atoms with Gasteiger partial charge in [0.15, 0.2) is 0 Å². The highest BCUT2D eigenvalue weighted by Crippen LogP contribution is 2.26. The summed E-state index contributed by atoms with van der Waals surface area (Å²) < 4.78 is 5.21. The molecule has 0 bridgehead atoms. The highest BCUT2D eigenvalue weighted by molar-refractivity contribution is 5.79. The van der Waals surface area contributed by atoms with Gasteiger partial charge in [0.05, 0.1) is 24.8 Å². The molecule has 0 unspecified atom stereocenters. The second-order valence-electron chi connectivity index (χ2n) is 7.28. The van der Waals surface area contributed by atoms with Crippen LogP contribution in [0.4, 0.5) is 0 Å². The molecule has 1 aromatic carbocycles. The van der Waals surface area contributed by atoms with E-state index in [1.165, 1.54) is 12.3 Å². The number of aromatic nitrogens is 3. The van der Waals surface area contributed by atoms with E-state index in [9.17, 15) is 14.4 Å². The largest absolute Gasteiger partial charge is 0.497 e. The lowest BCUT2D eigenvalue weighted by Gasteiger charge is -2.17. The highest BCUT2D eigenvalue weighted by atomic mass is 16.5. The zero-order valence-corrected chi connectivity index (χ0v) is 16.6. The van der Waals surface area contributed by atoms with E-state index < -0.39 is 0 Å². The van der Waals surface area contributed by atoms with Crippen molar-refractivity contribution in [3.8, 4) is 17.0 Å². The molecule has 1 aliphatic rings. The summed E-state index contributed by atoms with van der Waals surface area (Å²) in [5.74, 6) is 1.14. The molecule has 2 N–H and O–H groups in total. The van der Waals surface area contributed by atoms with Crippen molar-refractivity contribution in [2.75, 3.05) is 20.2 Å². The van der Waals surface area contributed by atoms with Gasteiger partial charge in [-0.15, -0.1) is 0 Å². The average molecular weight is 406 g/mol. The number of pyridine rings is 1. The van der Waals surface area contributed by atoms with Gasteiger partial charge >= 0.3 is 0 Å². The summed E-state index contributed by atoms with van der Waals surface area (Å²) >= 11 is 0. The van der Waals surface area contributed by atoms with Gasteiger partial charge in [-0.25, -0.2) is 4.98 Å². The molecule has 1 fully saturated rings. The lowest BCUT2D eigenvalue weighted by Crippen LogP contribution is -2.30. The van der Waals surface area contributed by atoms with Crippen molar-refractivity contribution in [2.24, 2.45) is 0 Å². The number of nitrogens with one attached hydrogen (secondary N) is 2. The maximum atomic E-state index is 12.7. The van der Waals surface area contributed by atoms with Crippen LogP contribution in [0.3, 0.4) is 0 Å². The van der Waals surface area contributed by atoms with E-state index in [1.807, 2.05) is 24.3 Å². The Bertz CT molecular complexity index is 1180. The van der Waals surface area contributed by atoms with Crippen molar-refractivity contribution in [3.63, 3.8) is 0 Å². The van der Waals surface area contributed by atoms with Gasteiger partial charge in [0.25, 0.3) is 11.1 Å². The van der Waals surface area contributed by atoms with Crippen LogP contribution < -0.4 is 15.9 Å². The summed E-state index contributed by atoms with van der Waals surface area (Å²) in [6, 6.07) is 12.1. The van der Waals surface area contributed by atoms with Gasteiger partial charge in [-0.2, -0.15) is 0 Å². The van der Waals surface area contributed by atoms with E-state index in [4.69, 9.17) is 4.74 Å². The molecule has 4 rings (SSSR count). The van der Waals surface area contributed by atoms with Gasteiger partial charge in [-0.1, -0.05) is 12.1 Å². The zero-order chi connectivity index (χ0) is 21.1. The van der Waals surface area contributed by atoms with Crippen molar-refractivity contribution >= 4 is 5.91 Å². The number of hydrogen-bond donors (Lipinski definition) is 2. The number of rotatable bonds is 5. The van der Waals surface area contributed by atoms with Gasteiger partial charge in [0.1, 0.15) is 11.6 Å². The van der Waals surface area contributed by atoms with Crippen LogP contribution in [0.5, 0.6) is 5.75 Å². The molecule has 3 aromatic rings. The minimum atomic E-state index is -0.320. The molecule has 1 saturated heterocycles. The lowest BCUT2D eigenvalue weighted by atomic mass is 10.1. The van der Waals surface area contributed by atoms with E-state index in [-0.39, 0.29) is 29.4 Å². The molecule has 8 nitrogen and oxygen atoms in total. The third kappa shape index (κ3) is 4.17. The number of hydrogen-bond acceptors (Lipinski definition) is 5. The molecule has 1 aliphatic heterocycles. The van der Waals surface area contributed by atoms with Crippen molar-refractivity contribution in [1.82, 2.24) is 19.9 Å². The van der Waals surface area contributed by atoms with Crippen LogP contribution in [-0.2, 0) is 11.2 Å². The fourth-order valence-electron chi connectivity index (χ4n) is 3.71. The average Bonchev–Trinajstić information content (AvgIpc) is 3.24.